The average Bonchev–Trinajstić information content (AvgIpc) is 3.25. The number of nitrogens with one attached hydrogen (secondary N) is 4. The summed E-state index contributed by atoms with van der Waals surface area (Å²) >= 11 is 0. The van der Waals surface area contributed by atoms with Gasteiger partial charge in [0.05, 0.1) is 17.3 Å². The van der Waals surface area contributed by atoms with Gasteiger partial charge >= 0.3 is 12.2 Å². The molecule has 4 N–H and O–H groups in total. The van der Waals surface area contributed by atoms with Crippen LogP contribution in [0.25, 0.3) is 11.3 Å². The fraction of sp³-hybridized carbons (Fsp3) is 0.0870. The van der Waals surface area contributed by atoms with E-state index in [1.807, 2.05) is 19.1 Å². The summed E-state index contributed by atoms with van der Waals surface area (Å²) in [6, 6.07) is 12.8. The van der Waals surface area contributed by atoms with E-state index >= 15 is 0 Å². The Balaban J connectivity index is 1.42. The van der Waals surface area contributed by atoms with E-state index in [1.165, 1.54) is 12.1 Å². The highest BCUT2D eigenvalue weighted by atomic mass is 19.4. The lowest BCUT2D eigenvalue weighted by Crippen LogP contribution is -2.19. The van der Waals surface area contributed by atoms with Crippen molar-refractivity contribution in [3.8, 4) is 11.3 Å². The number of oxazole rings is 1. The first-order valence-corrected chi connectivity index (χ1v) is 9.83. The van der Waals surface area contributed by atoms with Crippen LogP contribution in [0.5, 0.6) is 0 Å². The van der Waals surface area contributed by atoms with Gasteiger partial charge in [0.1, 0.15) is 0 Å². The first kappa shape index (κ1) is 21.9. The van der Waals surface area contributed by atoms with E-state index < -0.39 is 17.8 Å². The molecular weight excluding hydrogens is 435 g/mol. The number of nitrogens with zero attached hydrogens (tertiary/aromatic N) is 1. The van der Waals surface area contributed by atoms with Crippen molar-refractivity contribution in [2.24, 2.45) is 0 Å². The van der Waals surface area contributed by atoms with Gasteiger partial charge in [-0.05, 0) is 55.0 Å². The smallest absolute Gasteiger partial charge is 0.416 e. The zero-order chi connectivity index (χ0) is 23.4. The Kier molecular flexibility index (Phi) is 5.99. The molecule has 0 spiro atoms. The van der Waals surface area contributed by atoms with Gasteiger partial charge < -0.3 is 20.4 Å². The molecule has 0 aliphatic rings. The number of anilines is 4. The monoisotopic (exact) mass is 454 g/mol. The normalized spacial score (nSPS) is 11.2. The van der Waals surface area contributed by atoms with Crippen molar-refractivity contribution in [2.75, 3.05) is 16.0 Å². The Hall–Kier alpha value is -4.34. The van der Waals surface area contributed by atoms with Crippen LogP contribution in [-0.2, 0) is 6.18 Å². The lowest BCUT2D eigenvalue weighted by molar-refractivity contribution is -0.377. The third-order valence-corrected chi connectivity index (χ3v) is 4.70. The van der Waals surface area contributed by atoms with Crippen molar-refractivity contribution >= 4 is 29.1 Å². The molecule has 10 heteroatoms. The molecule has 2 heterocycles. The van der Waals surface area contributed by atoms with Gasteiger partial charge in [0.25, 0.3) is 6.01 Å². The van der Waals surface area contributed by atoms with Gasteiger partial charge in [-0.2, -0.15) is 13.2 Å². The summed E-state index contributed by atoms with van der Waals surface area (Å²) in [5, 5.41) is 8.23. The number of benzene rings is 2. The van der Waals surface area contributed by atoms with E-state index in [0.29, 0.717) is 17.1 Å². The molecular formula is C23H19F3N5O2+. The van der Waals surface area contributed by atoms with Crippen LogP contribution in [0, 0.1) is 6.92 Å². The fourth-order valence-corrected chi connectivity index (χ4v) is 3.00. The molecule has 0 unspecified atom stereocenters. The highest BCUT2D eigenvalue weighted by molar-refractivity contribution is 6.00. The molecule has 0 aliphatic heterocycles. The minimum atomic E-state index is -4.44. The van der Waals surface area contributed by atoms with Crippen LogP contribution in [0.1, 0.15) is 11.1 Å². The van der Waals surface area contributed by atoms with E-state index in [9.17, 15) is 18.0 Å². The number of carbonyl (C=O) groups is 1. The Morgan fingerprint density at radius 2 is 1.76 bits per heavy atom. The highest BCUT2D eigenvalue weighted by Gasteiger charge is 2.30. The Labute approximate surface area is 186 Å². The Morgan fingerprint density at radius 1 is 1.03 bits per heavy atom. The third kappa shape index (κ3) is 5.48. The maximum absolute atomic E-state index is 12.7. The van der Waals surface area contributed by atoms with Gasteiger partial charge in [0, 0.05) is 23.1 Å². The summed E-state index contributed by atoms with van der Waals surface area (Å²) < 4.78 is 43.7. The molecule has 168 valence electrons. The number of carbonyl (C=O) groups excluding carboxylic acids is 1. The summed E-state index contributed by atoms with van der Waals surface area (Å²) in [5.74, 6) is 0.581. The van der Waals surface area contributed by atoms with E-state index in [-0.39, 0.29) is 11.7 Å². The topological polar surface area (TPSA) is 93.3 Å². The van der Waals surface area contributed by atoms with Gasteiger partial charge in [-0.15, -0.1) is 0 Å². The summed E-state index contributed by atoms with van der Waals surface area (Å²) in [6.45, 7) is 1.88. The predicted molar refractivity (Wildman–Crippen MR) is 117 cm³/mol. The number of alkyl halides is 3. The van der Waals surface area contributed by atoms with Gasteiger partial charge in [0.15, 0.2) is 18.2 Å². The number of aryl methyl sites for hydroxylation is 1. The zero-order valence-electron chi connectivity index (χ0n) is 17.3. The molecule has 7 nitrogen and oxygen atoms in total. The van der Waals surface area contributed by atoms with Crippen molar-refractivity contribution in [3.05, 3.63) is 84.3 Å². The van der Waals surface area contributed by atoms with Crippen LogP contribution in [0.4, 0.5) is 41.0 Å². The highest BCUT2D eigenvalue weighted by Crippen LogP contribution is 2.30. The first-order valence-electron chi connectivity index (χ1n) is 9.83. The molecule has 0 saturated heterocycles. The van der Waals surface area contributed by atoms with Gasteiger partial charge in [-0.3, -0.25) is 0 Å². The van der Waals surface area contributed by atoms with Crippen molar-refractivity contribution < 1.29 is 27.4 Å². The van der Waals surface area contributed by atoms with E-state index in [2.05, 4.69) is 25.9 Å². The molecule has 0 bridgehead atoms. The number of urea groups is 1. The molecule has 2 aromatic heterocycles. The maximum atomic E-state index is 12.7. The number of hydrogen-bond donors (Lipinski definition) is 3. The molecule has 0 radical (unpaired) electrons. The maximum Gasteiger partial charge on any atom is 0.416 e. The minimum absolute atomic E-state index is 0.233. The van der Waals surface area contributed by atoms with Crippen LogP contribution in [0.15, 0.2) is 77.6 Å². The summed E-state index contributed by atoms with van der Waals surface area (Å²) in [4.78, 5) is 19.5. The molecule has 4 rings (SSSR count). The second-order valence-electron chi connectivity index (χ2n) is 7.13. The van der Waals surface area contributed by atoms with Crippen LogP contribution in [0.2, 0.25) is 0 Å². The van der Waals surface area contributed by atoms with Crippen molar-refractivity contribution in [1.82, 2.24) is 4.98 Å². The second kappa shape index (κ2) is 9.03. The van der Waals surface area contributed by atoms with Crippen LogP contribution in [0.3, 0.4) is 0 Å². The number of halogens is 3. The van der Waals surface area contributed by atoms with Gasteiger partial charge in [-0.1, -0.05) is 6.07 Å². The van der Waals surface area contributed by atoms with Gasteiger partial charge in [-0.25, -0.2) is 14.8 Å². The number of pyridine rings is 1. The summed E-state index contributed by atoms with van der Waals surface area (Å²) in [5.41, 5.74) is 2.30. The van der Waals surface area contributed by atoms with E-state index in [1.54, 1.807) is 36.8 Å². The first-order chi connectivity index (χ1) is 15.8. The standard InChI is InChI=1S/C23H18F3N5O2/c1-14-4-7-18(30-21(32)29-17-8-5-16(6-9-17)23(24,25)26)11-19(14)31-22-28-13-20(33-22)15-3-2-10-27-12-15/h2-13H,1H3,(H,28,31)(H2,29,30,32)/p+1. The average molecular weight is 454 g/mol. The predicted octanol–water partition coefficient (Wildman–Crippen LogP) is 5.87. The molecule has 0 atom stereocenters. The van der Waals surface area contributed by atoms with Gasteiger partial charge in [0.2, 0.25) is 0 Å². The Bertz CT molecular complexity index is 1260. The Morgan fingerprint density at radius 3 is 2.45 bits per heavy atom. The number of aromatic amines is 1. The second-order valence-corrected chi connectivity index (χ2v) is 7.13. The largest absolute Gasteiger partial charge is 0.423 e. The van der Waals surface area contributed by atoms with E-state index in [4.69, 9.17) is 4.42 Å². The number of rotatable bonds is 5. The molecule has 33 heavy (non-hydrogen) atoms. The molecule has 0 aliphatic carbocycles. The van der Waals surface area contributed by atoms with Crippen molar-refractivity contribution in [3.63, 3.8) is 0 Å². The van der Waals surface area contributed by atoms with Crippen molar-refractivity contribution in [1.29, 1.82) is 0 Å². The number of amides is 2. The lowest BCUT2D eigenvalue weighted by Gasteiger charge is -2.12. The van der Waals surface area contributed by atoms with Crippen LogP contribution in [-0.4, -0.2) is 11.0 Å². The number of hydrogen-bond acceptors (Lipinski definition) is 4. The van der Waals surface area contributed by atoms with E-state index in [0.717, 1.165) is 23.3 Å². The zero-order valence-corrected chi connectivity index (χ0v) is 17.3. The SMILES string of the molecule is Cc1ccc(NC(=O)Nc2ccc(C(F)(F)F)cc2)cc1Nc1ncc(-c2ccc[nH+]c2)o1. The summed E-state index contributed by atoms with van der Waals surface area (Å²) in [7, 11) is 0. The van der Waals surface area contributed by atoms with Crippen LogP contribution >= 0.6 is 0 Å². The lowest BCUT2D eigenvalue weighted by atomic mass is 10.2. The minimum Gasteiger partial charge on any atom is -0.423 e. The quantitative estimate of drug-likeness (QED) is 0.352. The number of H-pyrrole nitrogens is 1. The number of aromatic nitrogens is 2. The van der Waals surface area contributed by atoms with Crippen molar-refractivity contribution in [2.45, 2.75) is 13.1 Å². The molecule has 2 aromatic carbocycles. The summed E-state index contributed by atoms with van der Waals surface area (Å²) in [6.07, 6.45) is 0.736. The third-order valence-electron chi connectivity index (χ3n) is 4.70. The molecule has 0 fully saturated rings. The molecule has 0 saturated carbocycles. The molecule has 4 aromatic rings. The fourth-order valence-electron chi connectivity index (χ4n) is 3.00. The van der Waals surface area contributed by atoms with Crippen LogP contribution < -0.4 is 20.9 Å². The molecule has 2 amide bonds.